The number of nitriles is 1. The molecule has 2 N–H and O–H groups in total. The van der Waals surface area contributed by atoms with E-state index in [0.717, 1.165) is 16.3 Å². The molecule has 0 saturated heterocycles. The Hall–Kier alpha value is -2.59. The van der Waals surface area contributed by atoms with Gasteiger partial charge in [0.05, 0.1) is 19.2 Å². The number of aromatic nitrogens is 1. The van der Waals surface area contributed by atoms with E-state index in [9.17, 15) is 4.79 Å². The zero-order chi connectivity index (χ0) is 15.9. The van der Waals surface area contributed by atoms with E-state index in [1.54, 1.807) is 26.4 Å². The molecule has 1 amide bonds. The Morgan fingerprint density at radius 1 is 1.55 bits per heavy atom. The van der Waals surface area contributed by atoms with E-state index in [1.165, 1.54) is 11.3 Å². The van der Waals surface area contributed by atoms with Crippen molar-refractivity contribution >= 4 is 22.2 Å². The van der Waals surface area contributed by atoms with Gasteiger partial charge in [0.2, 0.25) is 5.91 Å². The summed E-state index contributed by atoms with van der Waals surface area (Å²) in [5.74, 6) is 0.306. The number of amides is 1. The van der Waals surface area contributed by atoms with Crippen molar-refractivity contribution in [3.05, 3.63) is 30.5 Å². The van der Waals surface area contributed by atoms with Crippen molar-refractivity contribution in [1.82, 2.24) is 10.3 Å². The SMILES string of the molecule is COc1cccc(-c2ncc(NC(=O)C(C)CNC#N)s2)c1. The standard InChI is InChI=1S/C15H16N4O2S/c1-10(7-17-9-16)14(20)19-13-8-18-15(22-13)11-4-3-5-12(6-11)21-2/h3-6,8,10,17H,7H2,1-2H3,(H,19,20). The predicted molar refractivity (Wildman–Crippen MR) is 85.5 cm³/mol. The monoisotopic (exact) mass is 316 g/mol. The number of hydrogen-bond acceptors (Lipinski definition) is 6. The first-order valence-electron chi connectivity index (χ1n) is 6.67. The average molecular weight is 316 g/mol. The molecule has 6 nitrogen and oxygen atoms in total. The number of methoxy groups -OCH3 is 1. The lowest BCUT2D eigenvalue weighted by molar-refractivity contribution is -0.119. The van der Waals surface area contributed by atoms with Crippen LogP contribution < -0.4 is 15.4 Å². The van der Waals surface area contributed by atoms with Crippen molar-refractivity contribution in [3.8, 4) is 22.5 Å². The van der Waals surface area contributed by atoms with Crippen molar-refractivity contribution in [2.75, 3.05) is 19.0 Å². The third-order valence-corrected chi connectivity index (χ3v) is 3.97. The molecule has 1 unspecified atom stereocenters. The van der Waals surface area contributed by atoms with Crippen LogP contribution in [0.5, 0.6) is 5.75 Å². The van der Waals surface area contributed by atoms with Crippen LogP contribution in [0.3, 0.4) is 0 Å². The molecule has 22 heavy (non-hydrogen) atoms. The van der Waals surface area contributed by atoms with Gasteiger partial charge in [-0.2, -0.15) is 5.26 Å². The zero-order valence-corrected chi connectivity index (χ0v) is 13.1. The molecule has 2 rings (SSSR count). The summed E-state index contributed by atoms with van der Waals surface area (Å²) in [6, 6.07) is 7.59. The number of nitrogens with zero attached hydrogens (tertiary/aromatic N) is 2. The van der Waals surface area contributed by atoms with E-state index in [-0.39, 0.29) is 11.8 Å². The van der Waals surface area contributed by atoms with Crippen LogP contribution in [-0.2, 0) is 4.79 Å². The normalized spacial score (nSPS) is 11.3. The summed E-state index contributed by atoms with van der Waals surface area (Å²) in [4.78, 5) is 16.3. The van der Waals surface area contributed by atoms with Crippen LogP contribution in [0, 0.1) is 17.4 Å². The second kappa shape index (κ2) is 7.43. The summed E-state index contributed by atoms with van der Waals surface area (Å²) in [6.45, 7) is 2.06. The predicted octanol–water partition coefficient (Wildman–Crippen LogP) is 2.46. The number of hydrogen-bond donors (Lipinski definition) is 2. The molecule has 0 bridgehead atoms. The van der Waals surface area contributed by atoms with E-state index < -0.39 is 0 Å². The lowest BCUT2D eigenvalue weighted by Crippen LogP contribution is -2.28. The Bertz CT molecular complexity index is 693. The molecule has 1 atom stereocenters. The lowest BCUT2D eigenvalue weighted by Gasteiger charge is -2.08. The highest BCUT2D eigenvalue weighted by atomic mass is 32.1. The molecular formula is C15H16N4O2S. The largest absolute Gasteiger partial charge is 0.497 e. The topological polar surface area (TPSA) is 87.0 Å². The first kappa shape index (κ1) is 15.8. The van der Waals surface area contributed by atoms with Crippen LogP contribution in [-0.4, -0.2) is 24.5 Å². The van der Waals surface area contributed by atoms with Gasteiger partial charge in [-0.1, -0.05) is 30.4 Å². The van der Waals surface area contributed by atoms with Gasteiger partial charge in [0.25, 0.3) is 0 Å². The molecule has 1 aromatic heterocycles. The molecule has 1 aromatic carbocycles. The van der Waals surface area contributed by atoms with Gasteiger partial charge in [-0.25, -0.2) is 4.98 Å². The van der Waals surface area contributed by atoms with Gasteiger partial charge in [-0.05, 0) is 12.1 Å². The van der Waals surface area contributed by atoms with E-state index in [2.05, 4.69) is 15.6 Å². The summed E-state index contributed by atoms with van der Waals surface area (Å²) >= 11 is 1.39. The molecular weight excluding hydrogens is 300 g/mol. The molecule has 7 heteroatoms. The van der Waals surface area contributed by atoms with Gasteiger partial charge in [0.15, 0.2) is 6.19 Å². The first-order chi connectivity index (χ1) is 10.6. The van der Waals surface area contributed by atoms with Gasteiger partial charge in [0, 0.05) is 12.1 Å². The van der Waals surface area contributed by atoms with E-state index in [4.69, 9.17) is 10.00 Å². The lowest BCUT2D eigenvalue weighted by atomic mass is 10.1. The van der Waals surface area contributed by atoms with E-state index >= 15 is 0 Å². The van der Waals surface area contributed by atoms with E-state index in [1.807, 2.05) is 24.3 Å². The minimum atomic E-state index is -0.304. The Morgan fingerprint density at radius 3 is 3.09 bits per heavy atom. The molecule has 0 aliphatic carbocycles. The van der Waals surface area contributed by atoms with Gasteiger partial charge in [0.1, 0.15) is 15.8 Å². The highest BCUT2D eigenvalue weighted by molar-refractivity contribution is 7.19. The van der Waals surface area contributed by atoms with Gasteiger partial charge < -0.3 is 15.4 Å². The van der Waals surface area contributed by atoms with Crippen molar-refractivity contribution < 1.29 is 9.53 Å². The Kier molecular flexibility index (Phi) is 5.33. The van der Waals surface area contributed by atoms with Crippen LogP contribution in [0.2, 0.25) is 0 Å². The minimum absolute atomic E-state index is 0.149. The molecule has 114 valence electrons. The quantitative estimate of drug-likeness (QED) is 0.631. The number of thiazole rings is 1. The van der Waals surface area contributed by atoms with Gasteiger partial charge in [-0.3, -0.25) is 4.79 Å². The smallest absolute Gasteiger partial charge is 0.229 e. The van der Waals surface area contributed by atoms with Crippen LogP contribution in [0.1, 0.15) is 6.92 Å². The molecule has 0 saturated carbocycles. The number of carbonyl (C=O) groups is 1. The molecule has 0 aliphatic heterocycles. The highest BCUT2D eigenvalue weighted by Gasteiger charge is 2.14. The Balaban J connectivity index is 2.05. The van der Waals surface area contributed by atoms with Crippen LogP contribution in [0.4, 0.5) is 5.00 Å². The second-order valence-electron chi connectivity index (χ2n) is 4.64. The van der Waals surface area contributed by atoms with E-state index in [0.29, 0.717) is 11.5 Å². The third-order valence-electron chi connectivity index (χ3n) is 3.00. The maximum Gasteiger partial charge on any atom is 0.229 e. The first-order valence-corrected chi connectivity index (χ1v) is 7.48. The van der Waals surface area contributed by atoms with Gasteiger partial charge in [-0.15, -0.1) is 0 Å². The minimum Gasteiger partial charge on any atom is -0.497 e. The molecule has 0 aliphatic rings. The number of anilines is 1. The summed E-state index contributed by atoms with van der Waals surface area (Å²) in [5, 5.41) is 15.2. The Morgan fingerprint density at radius 2 is 2.36 bits per heavy atom. The van der Waals surface area contributed by atoms with Crippen molar-refractivity contribution in [2.45, 2.75) is 6.92 Å². The molecule has 0 fully saturated rings. The van der Waals surface area contributed by atoms with Crippen molar-refractivity contribution in [1.29, 1.82) is 5.26 Å². The van der Waals surface area contributed by atoms with Crippen LogP contribution in [0.25, 0.3) is 10.6 Å². The second-order valence-corrected chi connectivity index (χ2v) is 5.68. The number of rotatable bonds is 6. The fourth-order valence-electron chi connectivity index (χ4n) is 1.76. The molecule has 1 heterocycles. The average Bonchev–Trinajstić information content (AvgIpc) is 3.01. The third kappa shape index (κ3) is 3.96. The van der Waals surface area contributed by atoms with Crippen molar-refractivity contribution in [3.63, 3.8) is 0 Å². The van der Waals surface area contributed by atoms with Crippen LogP contribution in [0.15, 0.2) is 30.5 Å². The summed E-state index contributed by atoms with van der Waals surface area (Å²) in [5.41, 5.74) is 0.934. The summed E-state index contributed by atoms with van der Waals surface area (Å²) < 4.78 is 5.19. The maximum absolute atomic E-state index is 12.0. The van der Waals surface area contributed by atoms with Crippen LogP contribution >= 0.6 is 11.3 Å². The maximum atomic E-state index is 12.0. The van der Waals surface area contributed by atoms with Crippen molar-refractivity contribution in [2.24, 2.45) is 5.92 Å². The number of ether oxygens (including phenoxy) is 1. The summed E-state index contributed by atoms with van der Waals surface area (Å²) in [7, 11) is 1.61. The molecule has 2 aromatic rings. The zero-order valence-electron chi connectivity index (χ0n) is 12.3. The number of nitrogens with one attached hydrogen (secondary N) is 2. The number of benzene rings is 1. The van der Waals surface area contributed by atoms with Gasteiger partial charge >= 0.3 is 0 Å². The Labute approximate surface area is 132 Å². The fraction of sp³-hybridized carbons (Fsp3) is 0.267. The molecule has 0 spiro atoms. The summed E-state index contributed by atoms with van der Waals surface area (Å²) in [6.07, 6.45) is 3.43. The molecule has 0 radical (unpaired) electrons. The number of carbonyl (C=O) groups excluding carboxylic acids is 1. The fourth-order valence-corrected chi connectivity index (χ4v) is 2.57. The highest BCUT2D eigenvalue weighted by Crippen LogP contribution is 2.30.